The molecular weight excluding hydrogens is 356 g/mol. The van der Waals surface area contributed by atoms with Gasteiger partial charge in [0.05, 0.1) is 12.2 Å². The van der Waals surface area contributed by atoms with Crippen LogP contribution in [0.5, 0.6) is 0 Å². The number of hydrogen-bond acceptors (Lipinski definition) is 5. The first-order valence-corrected chi connectivity index (χ1v) is 9.62. The summed E-state index contributed by atoms with van der Waals surface area (Å²) in [6.07, 6.45) is 2.73. The van der Waals surface area contributed by atoms with Gasteiger partial charge in [0, 0.05) is 31.9 Å². The lowest BCUT2D eigenvalue weighted by atomic mass is 10.0. The van der Waals surface area contributed by atoms with E-state index < -0.39 is 0 Å². The smallest absolute Gasteiger partial charge is 0.409 e. The second kappa shape index (κ2) is 9.73. The lowest BCUT2D eigenvalue weighted by Crippen LogP contribution is -2.46. The van der Waals surface area contributed by atoms with Gasteiger partial charge < -0.3 is 20.3 Å². The Hall–Kier alpha value is -3.09. The number of benzene rings is 1. The Balaban J connectivity index is 1.45. The van der Waals surface area contributed by atoms with Crippen LogP contribution in [0.2, 0.25) is 0 Å². The number of anilines is 1. The van der Waals surface area contributed by atoms with Gasteiger partial charge in [0.25, 0.3) is 5.91 Å². The van der Waals surface area contributed by atoms with Gasteiger partial charge in [-0.2, -0.15) is 0 Å². The van der Waals surface area contributed by atoms with Crippen molar-refractivity contribution >= 4 is 17.8 Å². The number of nitrogens with zero attached hydrogens (tertiary/aromatic N) is 2. The number of nitrogens with one attached hydrogen (secondary N) is 2. The van der Waals surface area contributed by atoms with Crippen LogP contribution in [0.1, 0.15) is 35.7 Å². The Morgan fingerprint density at radius 3 is 2.54 bits per heavy atom. The Bertz CT molecular complexity index is 772. The van der Waals surface area contributed by atoms with Crippen molar-refractivity contribution in [3.05, 3.63) is 59.8 Å². The van der Waals surface area contributed by atoms with E-state index in [0.717, 1.165) is 5.82 Å². The summed E-state index contributed by atoms with van der Waals surface area (Å²) in [5.74, 6) is 0.583. The molecule has 1 aromatic carbocycles. The van der Waals surface area contributed by atoms with E-state index in [2.05, 4.69) is 15.6 Å². The van der Waals surface area contributed by atoms with Crippen LogP contribution in [0, 0.1) is 0 Å². The summed E-state index contributed by atoms with van der Waals surface area (Å²) in [6, 6.07) is 13.7. The van der Waals surface area contributed by atoms with Gasteiger partial charge in [0.2, 0.25) is 0 Å². The van der Waals surface area contributed by atoms with Crippen LogP contribution in [-0.4, -0.2) is 47.6 Å². The molecule has 1 saturated heterocycles. The summed E-state index contributed by atoms with van der Waals surface area (Å²) in [4.78, 5) is 30.2. The molecule has 0 unspecified atom stereocenters. The maximum atomic E-state index is 12.4. The van der Waals surface area contributed by atoms with E-state index in [9.17, 15) is 9.59 Å². The van der Waals surface area contributed by atoms with E-state index in [0.29, 0.717) is 44.6 Å². The number of likely N-dealkylation sites (tertiary alicyclic amines) is 1. The summed E-state index contributed by atoms with van der Waals surface area (Å²) in [5.41, 5.74) is 1.69. The number of ether oxygens (including phenoxy) is 1. The van der Waals surface area contributed by atoms with E-state index in [-0.39, 0.29) is 18.0 Å². The molecule has 148 valence electrons. The number of hydrogen-bond donors (Lipinski definition) is 2. The van der Waals surface area contributed by atoms with Gasteiger partial charge in [-0.1, -0.05) is 30.3 Å². The Morgan fingerprint density at radius 2 is 1.89 bits per heavy atom. The molecule has 0 aliphatic carbocycles. The number of carbonyl (C=O) groups excluding carboxylic acids is 2. The highest BCUT2D eigenvalue weighted by atomic mass is 16.6. The number of amides is 2. The fourth-order valence-electron chi connectivity index (χ4n) is 3.11. The van der Waals surface area contributed by atoms with Gasteiger partial charge >= 0.3 is 6.09 Å². The predicted octanol–water partition coefficient (Wildman–Crippen LogP) is 3.04. The first kappa shape index (κ1) is 19.7. The summed E-state index contributed by atoms with van der Waals surface area (Å²) in [7, 11) is 0. The SMILES string of the molecule is CCOC(=O)N1CCC(NC(=O)c2ccc(NCc3ccccc3)nc2)CC1. The van der Waals surface area contributed by atoms with Crippen LogP contribution in [0.15, 0.2) is 48.7 Å². The van der Waals surface area contributed by atoms with Crippen molar-refractivity contribution in [3.63, 3.8) is 0 Å². The number of pyridine rings is 1. The van der Waals surface area contributed by atoms with Crippen molar-refractivity contribution in [2.75, 3.05) is 25.0 Å². The minimum Gasteiger partial charge on any atom is -0.450 e. The van der Waals surface area contributed by atoms with Crippen molar-refractivity contribution in [2.45, 2.75) is 32.4 Å². The molecule has 2 aromatic rings. The maximum Gasteiger partial charge on any atom is 0.409 e. The molecule has 1 aliphatic heterocycles. The number of piperidine rings is 1. The highest BCUT2D eigenvalue weighted by Crippen LogP contribution is 2.13. The number of carbonyl (C=O) groups is 2. The van der Waals surface area contributed by atoms with Crippen LogP contribution in [0.3, 0.4) is 0 Å². The molecule has 7 nitrogen and oxygen atoms in total. The molecule has 1 aromatic heterocycles. The van der Waals surface area contributed by atoms with Crippen molar-refractivity contribution in [2.24, 2.45) is 0 Å². The van der Waals surface area contributed by atoms with Gasteiger partial charge in [0.1, 0.15) is 5.82 Å². The molecule has 0 atom stereocenters. The minimum atomic E-state index is -0.282. The zero-order valence-electron chi connectivity index (χ0n) is 16.1. The molecule has 2 amide bonds. The third-order valence-electron chi connectivity index (χ3n) is 4.70. The largest absolute Gasteiger partial charge is 0.450 e. The molecule has 0 saturated carbocycles. The van der Waals surface area contributed by atoms with E-state index in [1.165, 1.54) is 5.56 Å². The van der Waals surface area contributed by atoms with Crippen molar-refractivity contribution in [1.29, 1.82) is 0 Å². The van der Waals surface area contributed by atoms with Crippen LogP contribution < -0.4 is 10.6 Å². The molecule has 28 heavy (non-hydrogen) atoms. The quantitative estimate of drug-likeness (QED) is 0.802. The van der Waals surface area contributed by atoms with Gasteiger partial charge in [-0.15, -0.1) is 0 Å². The zero-order valence-corrected chi connectivity index (χ0v) is 16.1. The second-order valence-corrected chi connectivity index (χ2v) is 6.70. The monoisotopic (exact) mass is 382 g/mol. The predicted molar refractivity (Wildman–Crippen MR) is 107 cm³/mol. The minimum absolute atomic E-state index is 0.0501. The third-order valence-corrected chi connectivity index (χ3v) is 4.70. The highest BCUT2D eigenvalue weighted by molar-refractivity contribution is 5.94. The average Bonchev–Trinajstić information content (AvgIpc) is 2.74. The van der Waals surface area contributed by atoms with Crippen molar-refractivity contribution in [3.8, 4) is 0 Å². The van der Waals surface area contributed by atoms with Gasteiger partial charge in [-0.25, -0.2) is 9.78 Å². The van der Waals surface area contributed by atoms with E-state index in [1.807, 2.05) is 30.3 Å². The lowest BCUT2D eigenvalue weighted by Gasteiger charge is -2.31. The van der Waals surface area contributed by atoms with E-state index in [4.69, 9.17) is 4.74 Å². The number of rotatable bonds is 6. The molecule has 0 bridgehead atoms. The van der Waals surface area contributed by atoms with E-state index in [1.54, 1.807) is 30.2 Å². The van der Waals surface area contributed by atoms with Gasteiger partial charge in [0.15, 0.2) is 0 Å². The maximum absolute atomic E-state index is 12.4. The van der Waals surface area contributed by atoms with Crippen molar-refractivity contribution < 1.29 is 14.3 Å². The van der Waals surface area contributed by atoms with Gasteiger partial charge in [-0.3, -0.25) is 4.79 Å². The van der Waals surface area contributed by atoms with Crippen LogP contribution in [-0.2, 0) is 11.3 Å². The molecular formula is C21H26N4O3. The first-order chi connectivity index (χ1) is 13.7. The molecule has 2 N–H and O–H groups in total. The summed E-state index contributed by atoms with van der Waals surface area (Å²) >= 11 is 0. The Kier molecular flexibility index (Phi) is 6.84. The fraction of sp³-hybridized carbons (Fsp3) is 0.381. The van der Waals surface area contributed by atoms with Crippen LogP contribution in [0.4, 0.5) is 10.6 Å². The van der Waals surface area contributed by atoms with Crippen LogP contribution >= 0.6 is 0 Å². The molecule has 0 radical (unpaired) electrons. The van der Waals surface area contributed by atoms with Gasteiger partial charge in [-0.05, 0) is 37.5 Å². The first-order valence-electron chi connectivity index (χ1n) is 9.62. The second-order valence-electron chi connectivity index (χ2n) is 6.70. The Morgan fingerprint density at radius 1 is 1.14 bits per heavy atom. The molecule has 2 heterocycles. The van der Waals surface area contributed by atoms with E-state index >= 15 is 0 Å². The third kappa shape index (κ3) is 5.45. The molecule has 3 rings (SSSR count). The summed E-state index contributed by atoms with van der Waals surface area (Å²) in [5, 5.41) is 6.27. The summed E-state index contributed by atoms with van der Waals surface area (Å²) in [6.45, 7) is 4.02. The standard InChI is InChI=1S/C21H26N4O3/c1-2-28-21(27)25-12-10-18(11-13-25)24-20(26)17-8-9-19(23-15-17)22-14-16-6-4-3-5-7-16/h3-9,15,18H,2,10-14H2,1H3,(H,22,23)(H,24,26). The molecule has 1 fully saturated rings. The molecule has 7 heteroatoms. The fourth-order valence-corrected chi connectivity index (χ4v) is 3.11. The highest BCUT2D eigenvalue weighted by Gasteiger charge is 2.24. The average molecular weight is 382 g/mol. The molecule has 0 spiro atoms. The van der Waals surface area contributed by atoms with Crippen LogP contribution in [0.25, 0.3) is 0 Å². The lowest BCUT2D eigenvalue weighted by molar-refractivity contribution is 0.0860. The molecule has 1 aliphatic rings. The van der Waals surface area contributed by atoms with Crippen molar-refractivity contribution in [1.82, 2.24) is 15.2 Å². The zero-order chi connectivity index (χ0) is 19.8. The topological polar surface area (TPSA) is 83.6 Å². The normalized spacial score (nSPS) is 14.4. The summed E-state index contributed by atoms with van der Waals surface area (Å²) < 4.78 is 5.01. The number of aromatic nitrogens is 1. The Labute approximate surface area is 165 Å².